The number of hydrogen-bond acceptors (Lipinski definition) is 3. The summed E-state index contributed by atoms with van der Waals surface area (Å²) in [7, 11) is 2.83. The fourth-order valence-electron chi connectivity index (χ4n) is 1.73. The number of carbonyl (C=O) groups is 1. The minimum absolute atomic E-state index is 0.0543. The van der Waals surface area contributed by atoms with Crippen molar-refractivity contribution >= 4 is 5.97 Å². The summed E-state index contributed by atoms with van der Waals surface area (Å²) in [5.74, 6) is -0.491. The Kier molecular flexibility index (Phi) is 4.57. The van der Waals surface area contributed by atoms with Gasteiger partial charge in [-0.05, 0) is 31.7 Å². The van der Waals surface area contributed by atoms with Crippen LogP contribution < -0.4 is 5.32 Å². The van der Waals surface area contributed by atoms with E-state index in [2.05, 4.69) is 10.1 Å². The van der Waals surface area contributed by atoms with Crippen molar-refractivity contribution in [1.29, 1.82) is 0 Å². The monoisotopic (exact) mass is 275 g/mol. The second-order valence-electron chi connectivity index (χ2n) is 4.41. The van der Waals surface area contributed by atoms with E-state index in [4.69, 9.17) is 0 Å². The van der Waals surface area contributed by atoms with E-state index in [0.29, 0.717) is 5.56 Å². The third-order valence-corrected chi connectivity index (χ3v) is 3.10. The highest BCUT2D eigenvalue weighted by molar-refractivity contribution is 5.71. The average molecular weight is 275 g/mol. The molecule has 1 rings (SSSR count). The normalized spacial score (nSPS) is 14.8. The van der Waals surface area contributed by atoms with Crippen molar-refractivity contribution in [2.24, 2.45) is 0 Å². The number of rotatable bonds is 4. The molecule has 0 saturated carbocycles. The molecule has 0 spiro atoms. The van der Waals surface area contributed by atoms with Crippen LogP contribution >= 0.6 is 0 Å². The molecule has 0 saturated heterocycles. The van der Waals surface area contributed by atoms with Crippen molar-refractivity contribution in [1.82, 2.24) is 5.32 Å². The van der Waals surface area contributed by atoms with Gasteiger partial charge < -0.3 is 10.1 Å². The molecule has 1 unspecified atom stereocenters. The van der Waals surface area contributed by atoms with E-state index in [1.165, 1.54) is 13.2 Å². The van der Waals surface area contributed by atoms with Crippen molar-refractivity contribution in [2.45, 2.75) is 25.1 Å². The summed E-state index contributed by atoms with van der Waals surface area (Å²) in [6.07, 6.45) is -4.46. The maximum Gasteiger partial charge on any atom is 0.416 e. The van der Waals surface area contributed by atoms with Gasteiger partial charge in [-0.1, -0.05) is 12.1 Å². The standard InChI is InChI=1S/C13H16F3NO2/c1-12(17-2,8-11(18)19-3)9-5-4-6-10(7-9)13(14,15)16/h4-7,17H,8H2,1-3H3. The molecule has 3 nitrogen and oxygen atoms in total. The molecule has 106 valence electrons. The Morgan fingerprint density at radius 1 is 1.32 bits per heavy atom. The highest BCUT2D eigenvalue weighted by Crippen LogP contribution is 2.33. The van der Waals surface area contributed by atoms with Crippen LogP contribution in [-0.2, 0) is 21.2 Å². The van der Waals surface area contributed by atoms with E-state index >= 15 is 0 Å². The molecular weight excluding hydrogens is 259 g/mol. The van der Waals surface area contributed by atoms with Gasteiger partial charge in [0.05, 0.1) is 24.6 Å². The molecule has 1 atom stereocenters. The fraction of sp³-hybridized carbons (Fsp3) is 0.462. The Balaban J connectivity index is 3.15. The topological polar surface area (TPSA) is 38.3 Å². The van der Waals surface area contributed by atoms with Crippen molar-refractivity contribution in [2.75, 3.05) is 14.2 Å². The zero-order valence-electron chi connectivity index (χ0n) is 11.0. The largest absolute Gasteiger partial charge is 0.469 e. The summed E-state index contributed by atoms with van der Waals surface area (Å²) in [5, 5.41) is 2.87. The predicted octanol–water partition coefficient (Wildman–Crippen LogP) is 2.70. The number of alkyl halides is 3. The smallest absolute Gasteiger partial charge is 0.416 e. The summed E-state index contributed by atoms with van der Waals surface area (Å²) in [5.41, 5.74) is -1.26. The maximum absolute atomic E-state index is 12.7. The molecule has 1 N–H and O–H groups in total. The lowest BCUT2D eigenvalue weighted by molar-refractivity contribution is -0.142. The molecule has 0 fully saturated rings. The summed E-state index contributed by atoms with van der Waals surface area (Å²) >= 11 is 0. The summed E-state index contributed by atoms with van der Waals surface area (Å²) in [6, 6.07) is 4.91. The Morgan fingerprint density at radius 2 is 1.89 bits per heavy atom. The third-order valence-electron chi connectivity index (χ3n) is 3.10. The van der Waals surface area contributed by atoms with Gasteiger partial charge in [0.1, 0.15) is 0 Å². The molecule has 0 aliphatic heterocycles. The number of benzene rings is 1. The number of halogens is 3. The lowest BCUT2D eigenvalue weighted by atomic mass is 9.87. The quantitative estimate of drug-likeness (QED) is 0.859. The Bertz CT molecular complexity index is 459. The van der Waals surface area contributed by atoms with Crippen LogP contribution in [0.4, 0.5) is 13.2 Å². The lowest BCUT2D eigenvalue weighted by Gasteiger charge is -2.29. The highest BCUT2D eigenvalue weighted by Gasteiger charge is 2.34. The number of esters is 1. The first-order valence-electron chi connectivity index (χ1n) is 5.66. The van der Waals surface area contributed by atoms with E-state index in [1.807, 2.05) is 0 Å². The van der Waals surface area contributed by atoms with Crippen LogP contribution in [0.25, 0.3) is 0 Å². The fourth-order valence-corrected chi connectivity index (χ4v) is 1.73. The van der Waals surface area contributed by atoms with Crippen LogP contribution in [0.3, 0.4) is 0 Å². The lowest BCUT2D eigenvalue weighted by Crippen LogP contribution is -2.39. The Labute approximate surface area is 109 Å². The van der Waals surface area contributed by atoms with Crippen molar-refractivity contribution in [3.05, 3.63) is 35.4 Å². The van der Waals surface area contributed by atoms with Gasteiger partial charge in [0.2, 0.25) is 0 Å². The molecule has 19 heavy (non-hydrogen) atoms. The van der Waals surface area contributed by atoms with E-state index in [-0.39, 0.29) is 6.42 Å². The molecule has 0 heterocycles. The van der Waals surface area contributed by atoms with Gasteiger partial charge in [0, 0.05) is 0 Å². The summed E-state index contributed by atoms with van der Waals surface area (Å²) < 4.78 is 42.6. The maximum atomic E-state index is 12.7. The van der Waals surface area contributed by atoms with E-state index in [0.717, 1.165) is 12.1 Å². The van der Waals surface area contributed by atoms with E-state index < -0.39 is 23.2 Å². The number of methoxy groups -OCH3 is 1. The number of ether oxygens (including phenoxy) is 1. The van der Waals surface area contributed by atoms with Crippen LogP contribution in [0, 0.1) is 0 Å². The molecule has 6 heteroatoms. The molecule has 1 aromatic rings. The molecule has 1 aromatic carbocycles. The van der Waals surface area contributed by atoms with Crippen LogP contribution in [0.15, 0.2) is 24.3 Å². The summed E-state index contributed by atoms with van der Waals surface area (Å²) in [4.78, 5) is 11.4. The van der Waals surface area contributed by atoms with Crippen molar-refractivity contribution in [3.63, 3.8) is 0 Å². The van der Waals surface area contributed by atoms with E-state index in [1.54, 1.807) is 20.0 Å². The van der Waals surface area contributed by atoms with Crippen molar-refractivity contribution in [3.8, 4) is 0 Å². The number of hydrogen-bond donors (Lipinski definition) is 1. The Morgan fingerprint density at radius 3 is 2.37 bits per heavy atom. The third kappa shape index (κ3) is 3.70. The minimum atomic E-state index is -4.41. The van der Waals surface area contributed by atoms with Crippen LogP contribution in [0.5, 0.6) is 0 Å². The number of nitrogens with one attached hydrogen (secondary N) is 1. The zero-order valence-corrected chi connectivity index (χ0v) is 11.0. The number of carbonyl (C=O) groups excluding carboxylic acids is 1. The molecule has 0 amide bonds. The average Bonchev–Trinajstić information content (AvgIpc) is 2.37. The van der Waals surface area contributed by atoms with Crippen LogP contribution in [0.2, 0.25) is 0 Å². The first kappa shape index (κ1) is 15.5. The van der Waals surface area contributed by atoms with Crippen LogP contribution in [0.1, 0.15) is 24.5 Å². The molecule has 0 aliphatic rings. The highest BCUT2D eigenvalue weighted by atomic mass is 19.4. The molecular formula is C13H16F3NO2. The van der Waals surface area contributed by atoms with Gasteiger partial charge in [-0.2, -0.15) is 13.2 Å². The predicted molar refractivity (Wildman–Crippen MR) is 64.5 cm³/mol. The zero-order chi connectivity index (χ0) is 14.7. The second-order valence-corrected chi connectivity index (χ2v) is 4.41. The molecule has 0 aromatic heterocycles. The van der Waals surface area contributed by atoms with Gasteiger partial charge in [-0.25, -0.2) is 0 Å². The van der Waals surface area contributed by atoms with Gasteiger partial charge in [-0.15, -0.1) is 0 Å². The van der Waals surface area contributed by atoms with Gasteiger partial charge >= 0.3 is 12.1 Å². The van der Waals surface area contributed by atoms with Crippen LogP contribution in [-0.4, -0.2) is 20.1 Å². The molecule has 0 radical (unpaired) electrons. The van der Waals surface area contributed by atoms with Gasteiger partial charge in [-0.3, -0.25) is 4.79 Å². The molecule has 0 aliphatic carbocycles. The first-order chi connectivity index (χ1) is 8.73. The van der Waals surface area contributed by atoms with E-state index in [9.17, 15) is 18.0 Å². The second kappa shape index (κ2) is 5.61. The summed E-state index contributed by atoms with van der Waals surface area (Å²) in [6.45, 7) is 1.65. The van der Waals surface area contributed by atoms with Gasteiger partial charge in [0.15, 0.2) is 0 Å². The van der Waals surface area contributed by atoms with Crippen molar-refractivity contribution < 1.29 is 22.7 Å². The minimum Gasteiger partial charge on any atom is -0.469 e. The first-order valence-corrected chi connectivity index (χ1v) is 5.66. The SMILES string of the molecule is CNC(C)(CC(=O)OC)c1cccc(C(F)(F)F)c1. The molecule has 0 bridgehead atoms. The Hall–Kier alpha value is -1.56. The van der Waals surface area contributed by atoms with Gasteiger partial charge in [0.25, 0.3) is 0 Å².